The predicted molar refractivity (Wildman–Crippen MR) is 119 cm³/mol. The molecule has 3 nitrogen and oxygen atoms in total. The van der Waals surface area contributed by atoms with Gasteiger partial charge in [0.15, 0.2) is 6.10 Å². The standard InChI is InChI=1S/C24H17F10NO2S/c25-20-10-15(22(26,27)28)5-4-14(20)12-35(13-21(36)23(29,30)31)16-6-8-17(9-7-16)37-18-2-1-3-19(11-18)38-24(32,33)34/h1-11,21,36H,12-13H2/t21-/m1/s1. The summed E-state index contributed by atoms with van der Waals surface area (Å²) in [5, 5.41) is 9.56. The van der Waals surface area contributed by atoms with Gasteiger partial charge in [0.25, 0.3) is 0 Å². The Balaban J connectivity index is 1.83. The van der Waals surface area contributed by atoms with Crippen LogP contribution in [0.5, 0.6) is 11.5 Å². The Morgan fingerprint density at radius 2 is 1.47 bits per heavy atom. The normalized spacial score (nSPS) is 13.3. The third-order valence-electron chi connectivity index (χ3n) is 4.99. The average molecular weight is 573 g/mol. The lowest BCUT2D eigenvalue weighted by Crippen LogP contribution is -2.41. The molecule has 0 saturated heterocycles. The van der Waals surface area contributed by atoms with E-state index >= 15 is 0 Å². The second-order valence-corrected chi connectivity index (χ2v) is 9.00. The van der Waals surface area contributed by atoms with Gasteiger partial charge in [-0.2, -0.15) is 39.5 Å². The van der Waals surface area contributed by atoms with Gasteiger partial charge in [-0.25, -0.2) is 4.39 Å². The van der Waals surface area contributed by atoms with Crippen molar-refractivity contribution < 1.29 is 53.7 Å². The molecule has 0 unspecified atom stereocenters. The van der Waals surface area contributed by atoms with Crippen LogP contribution in [0, 0.1) is 5.82 Å². The zero-order chi connectivity index (χ0) is 28.3. The fraction of sp³-hybridized carbons (Fsp3) is 0.250. The van der Waals surface area contributed by atoms with Gasteiger partial charge in [0.1, 0.15) is 17.3 Å². The van der Waals surface area contributed by atoms with Crippen LogP contribution in [-0.2, 0) is 12.7 Å². The van der Waals surface area contributed by atoms with E-state index in [0.717, 1.165) is 17.0 Å². The highest BCUT2D eigenvalue weighted by atomic mass is 32.2. The van der Waals surface area contributed by atoms with Crippen LogP contribution in [0.2, 0.25) is 0 Å². The molecule has 0 aromatic heterocycles. The molecule has 0 saturated carbocycles. The largest absolute Gasteiger partial charge is 0.457 e. The van der Waals surface area contributed by atoms with Crippen molar-refractivity contribution in [3.05, 3.63) is 83.7 Å². The van der Waals surface area contributed by atoms with E-state index in [1.54, 1.807) is 0 Å². The molecule has 0 amide bonds. The number of alkyl halides is 9. The van der Waals surface area contributed by atoms with Gasteiger partial charge >= 0.3 is 17.9 Å². The Morgan fingerprint density at radius 3 is 2.03 bits per heavy atom. The summed E-state index contributed by atoms with van der Waals surface area (Å²) >= 11 is -0.352. The molecule has 3 aromatic carbocycles. The Bertz CT molecular complexity index is 1230. The van der Waals surface area contributed by atoms with Crippen molar-refractivity contribution in [1.29, 1.82) is 0 Å². The number of hydrogen-bond acceptors (Lipinski definition) is 4. The molecule has 0 fully saturated rings. The van der Waals surface area contributed by atoms with Crippen LogP contribution in [0.1, 0.15) is 11.1 Å². The Hall–Kier alpha value is -3.13. The van der Waals surface area contributed by atoms with Gasteiger partial charge in [-0.1, -0.05) is 12.1 Å². The molecule has 0 radical (unpaired) electrons. The summed E-state index contributed by atoms with van der Waals surface area (Å²) in [4.78, 5) is 0.770. The summed E-state index contributed by atoms with van der Waals surface area (Å²) in [6.07, 6.45) is -12.7. The zero-order valence-electron chi connectivity index (χ0n) is 18.8. The third kappa shape index (κ3) is 8.45. The van der Waals surface area contributed by atoms with E-state index in [0.29, 0.717) is 6.07 Å². The Kier molecular flexibility index (Phi) is 8.76. The molecule has 0 aliphatic carbocycles. The number of hydrogen-bond donors (Lipinski definition) is 1. The van der Waals surface area contributed by atoms with Crippen molar-refractivity contribution in [3.63, 3.8) is 0 Å². The lowest BCUT2D eigenvalue weighted by atomic mass is 10.1. The van der Waals surface area contributed by atoms with E-state index in [9.17, 15) is 49.0 Å². The van der Waals surface area contributed by atoms with E-state index in [1.807, 2.05) is 0 Å². The predicted octanol–water partition coefficient (Wildman–Crippen LogP) is 8.18. The minimum absolute atomic E-state index is 0.0290. The number of halogens is 10. The molecule has 1 N–H and O–H groups in total. The molecule has 0 spiro atoms. The number of anilines is 1. The highest BCUT2D eigenvalue weighted by Crippen LogP contribution is 2.38. The zero-order valence-corrected chi connectivity index (χ0v) is 19.6. The number of benzene rings is 3. The molecular formula is C24H17F10NO2S. The third-order valence-corrected chi connectivity index (χ3v) is 5.71. The first-order valence-electron chi connectivity index (χ1n) is 10.5. The van der Waals surface area contributed by atoms with Gasteiger partial charge in [-0.3, -0.25) is 0 Å². The number of rotatable bonds is 8. The minimum atomic E-state index is -5.03. The molecule has 1 atom stereocenters. The van der Waals surface area contributed by atoms with Crippen molar-refractivity contribution >= 4 is 17.4 Å². The number of aliphatic hydroxyl groups excluding tert-OH is 1. The van der Waals surface area contributed by atoms with Crippen molar-refractivity contribution in [3.8, 4) is 11.5 Å². The fourth-order valence-electron chi connectivity index (χ4n) is 3.23. The number of nitrogens with zero attached hydrogens (tertiary/aromatic N) is 1. The first-order chi connectivity index (χ1) is 17.5. The first kappa shape index (κ1) is 29.4. The Labute approximate surface area is 213 Å². The summed E-state index contributed by atoms with van der Waals surface area (Å²) < 4.78 is 135. The monoisotopic (exact) mass is 573 g/mol. The van der Waals surface area contributed by atoms with Gasteiger partial charge in [0.05, 0.1) is 12.1 Å². The molecule has 0 bridgehead atoms. The highest BCUT2D eigenvalue weighted by molar-refractivity contribution is 8.00. The maximum absolute atomic E-state index is 14.4. The van der Waals surface area contributed by atoms with E-state index in [2.05, 4.69) is 0 Å². The van der Waals surface area contributed by atoms with Crippen LogP contribution in [0.3, 0.4) is 0 Å². The molecule has 0 aliphatic rings. The molecular weight excluding hydrogens is 556 g/mol. The topological polar surface area (TPSA) is 32.7 Å². The first-order valence-corrected chi connectivity index (χ1v) is 11.3. The van der Waals surface area contributed by atoms with Crippen LogP contribution in [-0.4, -0.2) is 29.4 Å². The summed E-state index contributed by atoms with van der Waals surface area (Å²) in [6, 6.07) is 11.7. The second kappa shape index (κ2) is 11.3. The lowest BCUT2D eigenvalue weighted by molar-refractivity contribution is -0.200. The maximum atomic E-state index is 14.4. The summed E-state index contributed by atoms with van der Waals surface area (Å²) in [7, 11) is 0. The lowest BCUT2D eigenvalue weighted by Gasteiger charge is -2.28. The summed E-state index contributed by atoms with van der Waals surface area (Å²) in [5.41, 5.74) is -6.12. The molecule has 0 aliphatic heterocycles. The van der Waals surface area contributed by atoms with E-state index in [-0.39, 0.29) is 45.5 Å². The molecule has 206 valence electrons. The molecule has 0 heterocycles. The molecule has 38 heavy (non-hydrogen) atoms. The van der Waals surface area contributed by atoms with Gasteiger partial charge in [0.2, 0.25) is 0 Å². The molecule has 3 aromatic rings. The van der Waals surface area contributed by atoms with Crippen molar-refractivity contribution in [2.75, 3.05) is 11.4 Å². The van der Waals surface area contributed by atoms with Crippen LogP contribution in [0.15, 0.2) is 71.6 Å². The van der Waals surface area contributed by atoms with E-state index < -0.39 is 48.4 Å². The number of thioether (sulfide) groups is 1. The van der Waals surface area contributed by atoms with Crippen LogP contribution < -0.4 is 9.64 Å². The molecule has 14 heteroatoms. The van der Waals surface area contributed by atoms with Gasteiger partial charge in [-0.05, 0) is 66.4 Å². The number of ether oxygens (including phenoxy) is 1. The van der Waals surface area contributed by atoms with Crippen molar-refractivity contribution in [2.24, 2.45) is 0 Å². The van der Waals surface area contributed by atoms with Gasteiger partial charge in [0, 0.05) is 22.7 Å². The highest BCUT2D eigenvalue weighted by Gasteiger charge is 2.39. The maximum Gasteiger partial charge on any atom is 0.446 e. The van der Waals surface area contributed by atoms with Crippen LogP contribution in [0.25, 0.3) is 0 Å². The molecule has 3 rings (SSSR count). The number of aliphatic hydroxyl groups is 1. The second-order valence-electron chi connectivity index (χ2n) is 7.86. The van der Waals surface area contributed by atoms with Gasteiger partial charge < -0.3 is 14.7 Å². The van der Waals surface area contributed by atoms with Crippen LogP contribution in [0.4, 0.5) is 49.6 Å². The SMILES string of the molecule is O[C@H](CN(Cc1ccc(C(F)(F)F)cc1F)c1ccc(Oc2cccc(SC(F)(F)F)c2)cc1)C(F)(F)F. The van der Waals surface area contributed by atoms with E-state index in [4.69, 9.17) is 4.74 Å². The smallest absolute Gasteiger partial charge is 0.446 e. The van der Waals surface area contributed by atoms with Crippen molar-refractivity contribution in [1.82, 2.24) is 0 Å². The summed E-state index contributed by atoms with van der Waals surface area (Å²) in [5.74, 6) is -1.16. The average Bonchev–Trinajstić information content (AvgIpc) is 2.78. The fourth-order valence-corrected chi connectivity index (χ4v) is 3.82. The van der Waals surface area contributed by atoms with Gasteiger partial charge in [-0.15, -0.1) is 0 Å². The quantitative estimate of drug-likeness (QED) is 0.218. The van der Waals surface area contributed by atoms with E-state index in [1.165, 1.54) is 42.5 Å². The minimum Gasteiger partial charge on any atom is -0.457 e. The summed E-state index contributed by atoms with van der Waals surface area (Å²) in [6.45, 7) is -1.69. The Morgan fingerprint density at radius 1 is 0.816 bits per heavy atom. The van der Waals surface area contributed by atoms with Crippen molar-refractivity contribution in [2.45, 2.75) is 35.4 Å². The van der Waals surface area contributed by atoms with Crippen LogP contribution >= 0.6 is 11.8 Å².